The molecule has 0 N–H and O–H groups in total. The molecular weight excluding hydrogens is 380 g/mol. The smallest absolute Gasteiger partial charge is 0.269 e. The van der Waals surface area contributed by atoms with Gasteiger partial charge in [0, 0.05) is 0 Å². The average Bonchev–Trinajstić information content (AvgIpc) is 2.52. The molecule has 0 rings (SSSR count). The molecular formula is C21H42O8. The molecule has 0 aromatic carbocycles. The summed E-state index contributed by atoms with van der Waals surface area (Å²) in [6.45, 7) is 20.1. The summed E-state index contributed by atoms with van der Waals surface area (Å²) in [5.74, 6) is -0.902. The molecule has 174 valence electrons. The minimum Gasteiger partial charge on any atom is -0.269 e. The molecule has 0 bridgehead atoms. The molecule has 0 aromatic rings. The van der Waals surface area contributed by atoms with Gasteiger partial charge < -0.3 is 0 Å². The molecule has 0 radical (unpaired) electrons. The Bertz CT molecular complexity index is 455. The Morgan fingerprint density at radius 1 is 0.759 bits per heavy atom. The van der Waals surface area contributed by atoms with Gasteiger partial charge in [-0.25, -0.2) is 9.59 Å². The van der Waals surface area contributed by atoms with Crippen molar-refractivity contribution in [2.24, 2.45) is 11.3 Å². The third-order valence-corrected chi connectivity index (χ3v) is 3.14. The lowest BCUT2D eigenvalue weighted by atomic mass is 9.98. The summed E-state index contributed by atoms with van der Waals surface area (Å²) in [5.41, 5.74) is -1.55. The van der Waals surface area contributed by atoms with E-state index in [4.69, 9.17) is 9.78 Å². The summed E-state index contributed by atoms with van der Waals surface area (Å²) in [5, 5.41) is 8.81. The lowest BCUT2D eigenvalue weighted by molar-refractivity contribution is -0.516. The third kappa shape index (κ3) is 19.9. The first-order valence-electron chi connectivity index (χ1n) is 10.2. The molecule has 1 unspecified atom stereocenters. The monoisotopic (exact) mass is 422 g/mol. The van der Waals surface area contributed by atoms with E-state index in [1.807, 2.05) is 27.7 Å². The van der Waals surface area contributed by atoms with E-state index >= 15 is 0 Å². The maximum absolute atomic E-state index is 11.5. The number of hydrogen-bond donors (Lipinski definition) is 0. The molecule has 8 heteroatoms. The maximum atomic E-state index is 11.5. The summed E-state index contributed by atoms with van der Waals surface area (Å²) in [7, 11) is 0. The average molecular weight is 423 g/mol. The van der Waals surface area contributed by atoms with Crippen molar-refractivity contribution in [3.05, 3.63) is 0 Å². The summed E-state index contributed by atoms with van der Waals surface area (Å²) >= 11 is 0. The normalized spacial score (nSPS) is 13.2. The Kier molecular flexibility index (Phi) is 14.4. The van der Waals surface area contributed by atoms with Gasteiger partial charge in [-0.2, -0.15) is 9.78 Å². The van der Waals surface area contributed by atoms with Crippen molar-refractivity contribution in [1.29, 1.82) is 0 Å². The molecule has 8 nitrogen and oxygen atoms in total. The highest BCUT2D eigenvalue weighted by Crippen LogP contribution is 2.17. The largest absolute Gasteiger partial charge is 0.350 e. The van der Waals surface area contributed by atoms with Crippen LogP contribution in [0.3, 0.4) is 0 Å². The van der Waals surface area contributed by atoms with E-state index in [-0.39, 0.29) is 11.9 Å². The van der Waals surface area contributed by atoms with Gasteiger partial charge in [0.15, 0.2) is 0 Å². The number of carbonyl (C=O) groups excluding carboxylic acids is 2. The zero-order chi connectivity index (χ0) is 23.3. The van der Waals surface area contributed by atoms with Gasteiger partial charge in [-0.3, -0.25) is 9.78 Å². The van der Waals surface area contributed by atoms with Gasteiger partial charge in [0.2, 0.25) is 0 Å². The molecule has 0 aliphatic rings. The van der Waals surface area contributed by atoms with E-state index in [2.05, 4.69) is 26.8 Å². The van der Waals surface area contributed by atoms with Crippen molar-refractivity contribution < 1.29 is 39.2 Å². The van der Waals surface area contributed by atoms with Crippen LogP contribution in [-0.2, 0) is 39.2 Å². The minimum absolute atomic E-state index is 0.0940. The first-order valence-corrected chi connectivity index (χ1v) is 10.2. The van der Waals surface area contributed by atoms with Gasteiger partial charge in [-0.05, 0) is 85.2 Å². The summed E-state index contributed by atoms with van der Waals surface area (Å²) in [6, 6.07) is 0. The fourth-order valence-corrected chi connectivity index (χ4v) is 1.43. The van der Waals surface area contributed by atoms with Gasteiger partial charge in [0.05, 0.1) is 22.5 Å². The third-order valence-electron chi connectivity index (χ3n) is 3.14. The highest BCUT2D eigenvalue weighted by molar-refractivity contribution is 5.74. The minimum atomic E-state index is -0.582. The Balaban J connectivity index is 0. The number of rotatable bonds is 9. The van der Waals surface area contributed by atoms with Gasteiger partial charge in [-0.15, -0.1) is 0 Å². The van der Waals surface area contributed by atoms with E-state index in [9.17, 15) is 9.59 Å². The van der Waals surface area contributed by atoms with E-state index in [1.165, 1.54) is 0 Å². The van der Waals surface area contributed by atoms with Crippen LogP contribution < -0.4 is 0 Å². The SMILES string of the molecule is CC(C)(C)OOOC(=O)C(C)(C)C.CCCCC(CC)C(=O)OOOC(C)(C)C. The van der Waals surface area contributed by atoms with Crippen molar-refractivity contribution in [3.63, 3.8) is 0 Å². The second-order valence-corrected chi connectivity index (χ2v) is 9.80. The van der Waals surface area contributed by atoms with Crippen molar-refractivity contribution in [3.8, 4) is 0 Å². The van der Waals surface area contributed by atoms with Crippen LogP contribution in [0.5, 0.6) is 0 Å². The van der Waals surface area contributed by atoms with Crippen LogP contribution in [0.25, 0.3) is 0 Å². The highest BCUT2D eigenvalue weighted by atomic mass is 17.5. The first kappa shape index (κ1) is 30.0. The summed E-state index contributed by atoms with van der Waals surface area (Å²) in [6.07, 6.45) is 3.69. The van der Waals surface area contributed by atoms with Crippen molar-refractivity contribution in [2.45, 2.75) is 113 Å². The zero-order valence-electron chi connectivity index (χ0n) is 20.2. The summed E-state index contributed by atoms with van der Waals surface area (Å²) in [4.78, 5) is 41.3. The fraction of sp³-hybridized carbons (Fsp3) is 0.905. The van der Waals surface area contributed by atoms with E-state index in [0.29, 0.717) is 0 Å². The van der Waals surface area contributed by atoms with Gasteiger partial charge in [-0.1, -0.05) is 26.7 Å². The molecule has 1 atom stereocenters. The number of unbranched alkanes of at least 4 members (excludes halogenated alkanes) is 1. The van der Waals surface area contributed by atoms with Crippen LogP contribution in [0.2, 0.25) is 0 Å². The molecule has 0 saturated carbocycles. The second-order valence-electron chi connectivity index (χ2n) is 9.80. The van der Waals surface area contributed by atoms with Gasteiger partial charge >= 0.3 is 11.9 Å². The van der Waals surface area contributed by atoms with Crippen LogP contribution in [0.15, 0.2) is 0 Å². The fourth-order valence-electron chi connectivity index (χ4n) is 1.43. The predicted octanol–water partition coefficient (Wildman–Crippen LogP) is 5.65. The highest BCUT2D eigenvalue weighted by Gasteiger charge is 2.25. The molecule has 0 aromatic heterocycles. The maximum Gasteiger partial charge on any atom is 0.350 e. The Hall–Kier alpha value is -1.22. The van der Waals surface area contributed by atoms with Crippen LogP contribution in [0.1, 0.15) is 102 Å². The first-order chi connectivity index (χ1) is 13.0. The van der Waals surface area contributed by atoms with Crippen molar-refractivity contribution in [1.82, 2.24) is 0 Å². The molecule has 0 amide bonds. The zero-order valence-corrected chi connectivity index (χ0v) is 20.2. The van der Waals surface area contributed by atoms with Crippen LogP contribution in [0, 0.1) is 11.3 Å². The van der Waals surface area contributed by atoms with Gasteiger partial charge in [0.25, 0.3) is 0 Å². The molecule has 0 heterocycles. The summed E-state index contributed by atoms with van der Waals surface area (Å²) < 4.78 is 0. The van der Waals surface area contributed by atoms with Gasteiger partial charge in [0.1, 0.15) is 0 Å². The lowest BCUT2D eigenvalue weighted by Crippen LogP contribution is -2.26. The Labute approximate surface area is 176 Å². The Morgan fingerprint density at radius 3 is 1.55 bits per heavy atom. The van der Waals surface area contributed by atoms with Crippen molar-refractivity contribution >= 4 is 11.9 Å². The van der Waals surface area contributed by atoms with Crippen LogP contribution >= 0.6 is 0 Å². The molecule has 0 saturated heterocycles. The molecule has 0 spiro atoms. The topological polar surface area (TPSA) is 89.5 Å². The predicted molar refractivity (Wildman–Crippen MR) is 109 cm³/mol. The Morgan fingerprint density at radius 2 is 1.21 bits per heavy atom. The van der Waals surface area contributed by atoms with E-state index in [0.717, 1.165) is 25.7 Å². The molecule has 0 aliphatic carbocycles. The number of hydrogen-bond acceptors (Lipinski definition) is 8. The molecule has 0 fully saturated rings. The molecule has 0 aliphatic heterocycles. The lowest BCUT2D eigenvalue weighted by Gasteiger charge is -2.18. The number of carbonyl (C=O) groups is 2. The quantitative estimate of drug-likeness (QED) is 0.348. The standard InChI is InChI=1S/C12H24O4.C9H18O4/c1-6-8-9-10(7-2)11(13)14-16-15-12(3,4)5;1-8(2,3)7(10)11-13-12-9(4,5)6/h10H,6-9H2,1-5H3;1-6H3. The van der Waals surface area contributed by atoms with Crippen LogP contribution in [0.4, 0.5) is 0 Å². The van der Waals surface area contributed by atoms with Crippen molar-refractivity contribution in [2.75, 3.05) is 0 Å². The van der Waals surface area contributed by atoms with E-state index < -0.39 is 22.6 Å². The molecule has 29 heavy (non-hydrogen) atoms. The van der Waals surface area contributed by atoms with Crippen LogP contribution in [-0.4, -0.2) is 23.1 Å². The second kappa shape index (κ2) is 13.9. The van der Waals surface area contributed by atoms with E-state index in [1.54, 1.807) is 41.5 Å².